The molecule has 1 aromatic carbocycles. The fourth-order valence-corrected chi connectivity index (χ4v) is 2.63. The molecule has 1 fully saturated rings. The number of hydrogen-bond acceptors (Lipinski definition) is 1. The molecule has 1 saturated carbocycles. The van der Waals surface area contributed by atoms with Crippen LogP contribution in [-0.2, 0) is 6.42 Å². The number of nitrogens with two attached hydrogens (primary N) is 1. The second-order valence-electron chi connectivity index (χ2n) is 5.78. The molecular weight excluding hydrogens is 206 g/mol. The summed E-state index contributed by atoms with van der Waals surface area (Å²) in [6.45, 7) is 5.33. The standard InChI is InChI=1S/C16H25N/c1-12(2)14-5-3-13(4-6-14)11-16(9-10-17)15-7-8-15/h3-6,12,15-16H,7-11,17H2,1-2H3. The van der Waals surface area contributed by atoms with Crippen molar-refractivity contribution in [3.63, 3.8) is 0 Å². The molecule has 0 bridgehead atoms. The summed E-state index contributed by atoms with van der Waals surface area (Å²) in [6.07, 6.45) is 5.26. The van der Waals surface area contributed by atoms with Crippen LogP contribution in [0.1, 0.15) is 50.2 Å². The van der Waals surface area contributed by atoms with Gasteiger partial charge in [-0.1, -0.05) is 38.1 Å². The SMILES string of the molecule is CC(C)c1ccc(CC(CCN)C2CC2)cc1. The molecule has 0 radical (unpaired) electrons. The largest absolute Gasteiger partial charge is 0.330 e. The van der Waals surface area contributed by atoms with E-state index in [2.05, 4.69) is 38.1 Å². The summed E-state index contributed by atoms with van der Waals surface area (Å²) in [5.41, 5.74) is 8.64. The van der Waals surface area contributed by atoms with Crippen LogP contribution in [0.2, 0.25) is 0 Å². The molecular formula is C16H25N. The summed E-state index contributed by atoms with van der Waals surface area (Å²) in [7, 11) is 0. The first kappa shape index (κ1) is 12.6. The van der Waals surface area contributed by atoms with E-state index in [9.17, 15) is 0 Å². The smallest absolute Gasteiger partial charge is 0.00744 e. The van der Waals surface area contributed by atoms with Gasteiger partial charge in [0.2, 0.25) is 0 Å². The molecule has 1 nitrogen and oxygen atoms in total. The average molecular weight is 231 g/mol. The van der Waals surface area contributed by atoms with Gasteiger partial charge in [-0.2, -0.15) is 0 Å². The highest BCUT2D eigenvalue weighted by Crippen LogP contribution is 2.40. The molecule has 1 aromatic rings. The predicted molar refractivity (Wildman–Crippen MR) is 74.1 cm³/mol. The van der Waals surface area contributed by atoms with Gasteiger partial charge in [0.15, 0.2) is 0 Å². The van der Waals surface area contributed by atoms with Crippen LogP contribution in [-0.4, -0.2) is 6.54 Å². The van der Waals surface area contributed by atoms with E-state index in [1.165, 1.54) is 36.8 Å². The Morgan fingerprint density at radius 3 is 2.29 bits per heavy atom. The molecule has 0 amide bonds. The van der Waals surface area contributed by atoms with E-state index in [1.54, 1.807) is 0 Å². The van der Waals surface area contributed by atoms with Crippen molar-refractivity contribution in [2.24, 2.45) is 17.6 Å². The van der Waals surface area contributed by atoms with Crippen LogP contribution in [0.5, 0.6) is 0 Å². The fraction of sp³-hybridized carbons (Fsp3) is 0.625. The Hall–Kier alpha value is -0.820. The van der Waals surface area contributed by atoms with E-state index in [0.717, 1.165) is 18.4 Å². The van der Waals surface area contributed by atoms with Gasteiger partial charge in [-0.3, -0.25) is 0 Å². The molecule has 2 N–H and O–H groups in total. The number of rotatable bonds is 6. The summed E-state index contributed by atoms with van der Waals surface area (Å²) in [5, 5.41) is 0. The Bertz CT molecular complexity index is 335. The lowest BCUT2D eigenvalue weighted by Gasteiger charge is -2.15. The van der Waals surface area contributed by atoms with Gasteiger partial charge in [-0.05, 0) is 61.1 Å². The minimum absolute atomic E-state index is 0.632. The van der Waals surface area contributed by atoms with Gasteiger partial charge < -0.3 is 5.73 Å². The van der Waals surface area contributed by atoms with Crippen LogP contribution in [0.4, 0.5) is 0 Å². The van der Waals surface area contributed by atoms with E-state index in [4.69, 9.17) is 5.73 Å². The Balaban J connectivity index is 1.96. The van der Waals surface area contributed by atoms with Crippen LogP contribution in [0, 0.1) is 11.8 Å². The highest BCUT2D eigenvalue weighted by molar-refractivity contribution is 5.25. The molecule has 94 valence electrons. The molecule has 0 spiro atoms. The lowest BCUT2D eigenvalue weighted by Crippen LogP contribution is -2.13. The number of benzene rings is 1. The lowest BCUT2D eigenvalue weighted by molar-refractivity contribution is 0.432. The average Bonchev–Trinajstić information content (AvgIpc) is 3.13. The van der Waals surface area contributed by atoms with Gasteiger partial charge in [0.05, 0.1) is 0 Å². The topological polar surface area (TPSA) is 26.0 Å². The van der Waals surface area contributed by atoms with E-state index in [-0.39, 0.29) is 0 Å². The molecule has 0 aromatic heterocycles. The Kier molecular flexibility index (Phi) is 4.22. The fourth-order valence-electron chi connectivity index (χ4n) is 2.63. The van der Waals surface area contributed by atoms with Crippen molar-refractivity contribution in [3.8, 4) is 0 Å². The molecule has 2 rings (SSSR count). The van der Waals surface area contributed by atoms with E-state index >= 15 is 0 Å². The predicted octanol–water partition coefficient (Wildman–Crippen LogP) is 3.73. The molecule has 1 heteroatoms. The van der Waals surface area contributed by atoms with E-state index in [1.807, 2.05) is 0 Å². The minimum Gasteiger partial charge on any atom is -0.330 e. The van der Waals surface area contributed by atoms with Crippen molar-refractivity contribution in [2.75, 3.05) is 6.54 Å². The van der Waals surface area contributed by atoms with Gasteiger partial charge in [-0.15, -0.1) is 0 Å². The van der Waals surface area contributed by atoms with Gasteiger partial charge in [0.1, 0.15) is 0 Å². The molecule has 1 unspecified atom stereocenters. The van der Waals surface area contributed by atoms with Gasteiger partial charge in [0, 0.05) is 0 Å². The zero-order valence-corrected chi connectivity index (χ0v) is 11.2. The van der Waals surface area contributed by atoms with Crippen molar-refractivity contribution >= 4 is 0 Å². The Labute approximate surface area is 105 Å². The first-order chi connectivity index (χ1) is 8.20. The molecule has 17 heavy (non-hydrogen) atoms. The minimum atomic E-state index is 0.632. The second-order valence-corrected chi connectivity index (χ2v) is 5.78. The highest BCUT2D eigenvalue weighted by atomic mass is 14.5. The third-order valence-electron chi connectivity index (χ3n) is 3.97. The zero-order chi connectivity index (χ0) is 12.3. The van der Waals surface area contributed by atoms with Crippen molar-refractivity contribution in [1.29, 1.82) is 0 Å². The van der Waals surface area contributed by atoms with Crippen molar-refractivity contribution in [2.45, 2.75) is 45.4 Å². The molecule has 0 saturated heterocycles. The normalized spacial score (nSPS) is 17.4. The van der Waals surface area contributed by atoms with Crippen LogP contribution in [0.25, 0.3) is 0 Å². The van der Waals surface area contributed by atoms with Crippen LogP contribution in [0.15, 0.2) is 24.3 Å². The maximum Gasteiger partial charge on any atom is -0.00744 e. The van der Waals surface area contributed by atoms with Crippen molar-refractivity contribution in [3.05, 3.63) is 35.4 Å². The van der Waals surface area contributed by atoms with Crippen LogP contribution in [0.3, 0.4) is 0 Å². The monoisotopic (exact) mass is 231 g/mol. The summed E-state index contributed by atoms with van der Waals surface area (Å²) < 4.78 is 0. The highest BCUT2D eigenvalue weighted by Gasteiger charge is 2.30. The summed E-state index contributed by atoms with van der Waals surface area (Å²) >= 11 is 0. The van der Waals surface area contributed by atoms with Gasteiger partial charge in [0.25, 0.3) is 0 Å². The van der Waals surface area contributed by atoms with Crippen LogP contribution >= 0.6 is 0 Å². The third kappa shape index (κ3) is 3.57. The first-order valence-electron chi connectivity index (χ1n) is 6.99. The molecule has 1 atom stereocenters. The maximum atomic E-state index is 5.71. The third-order valence-corrected chi connectivity index (χ3v) is 3.97. The molecule has 1 aliphatic carbocycles. The van der Waals surface area contributed by atoms with Gasteiger partial charge >= 0.3 is 0 Å². The van der Waals surface area contributed by atoms with E-state index < -0.39 is 0 Å². The van der Waals surface area contributed by atoms with Crippen LogP contribution < -0.4 is 5.73 Å². The Morgan fingerprint density at radius 2 is 1.82 bits per heavy atom. The lowest BCUT2D eigenvalue weighted by atomic mass is 9.91. The summed E-state index contributed by atoms with van der Waals surface area (Å²) in [5.74, 6) is 2.42. The zero-order valence-electron chi connectivity index (χ0n) is 11.2. The molecule has 0 aliphatic heterocycles. The van der Waals surface area contributed by atoms with Crippen molar-refractivity contribution in [1.82, 2.24) is 0 Å². The Morgan fingerprint density at radius 1 is 1.18 bits per heavy atom. The summed E-state index contributed by atoms with van der Waals surface area (Å²) in [4.78, 5) is 0. The first-order valence-corrected chi connectivity index (χ1v) is 6.99. The molecule has 1 aliphatic rings. The molecule has 0 heterocycles. The van der Waals surface area contributed by atoms with Crippen molar-refractivity contribution < 1.29 is 0 Å². The summed E-state index contributed by atoms with van der Waals surface area (Å²) in [6, 6.07) is 9.18. The maximum absolute atomic E-state index is 5.71. The number of hydrogen-bond donors (Lipinski definition) is 1. The second kappa shape index (κ2) is 5.68. The van der Waals surface area contributed by atoms with E-state index in [0.29, 0.717) is 5.92 Å². The van der Waals surface area contributed by atoms with Gasteiger partial charge in [-0.25, -0.2) is 0 Å². The quantitative estimate of drug-likeness (QED) is 0.793.